The summed E-state index contributed by atoms with van der Waals surface area (Å²) in [6.45, 7) is 4.83. The first-order chi connectivity index (χ1) is 13.7. The fourth-order valence-corrected chi connectivity index (χ4v) is 5.19. The van der Waals surface area contributed by atoms with Gasteiger partial charge in [-0.3, -0.25) is 14.6 Å². The van der Waals surface area contributed by atoms with Crippen molar-refractivity contribution in [1.82, 2.24) is 25.3 Å². The van der Waals surface area contributed by atoms with Gasteiger partial charge in [0.15, 0.2) is 0 Å². The molecule has 0 aromatic carbocycles. The number of piperazine rings is 1. The largest absolute Gasteiger partial charge is 0.419 e. The lowest BCUT2D eigenvalue weighted by Crippen LogP contribution is -2.49. The Morgan fingerprint density at radius 1 is 1.14 bits per heavy atom. The fraction of sp³-hybridized carbons (Fsp3) is 0.650. The van der Waals surface area contributed by atoms with Crippen molar-refractivity contribution in [2.45, 2.75) is 51.1 Å². The van der Waals surface area contributed by atoms with Crippen LogP contribution in [0, 0.1) is 0 Å². The Morgan fingerprint density at radius 3 is 2.71 bits per heavy atom. The minimum Gasteiger partial charge on any atom is -0.419 e. The maximum absolute atomic E-state index is 11.9. The molecule has 2 fully saturated rings. The molecular formula is C20H27N5O2S. The fourth-order valence-electron chi connectivity index (χ4n) is 4.01. The van der Waals surface area contributed by atoms with Crippen molar-refractivity contribution in [3.05, 3.63) is 22.4 Å². The monoisotopic (exact) mass is 401 g/mol. The van der Waals surface area contributed by atoms with Gasteiger partial charge in [-0.25, -0.2) is 0 Å². The minimum absolute atomic E-state index is 0.163. The first-order valence-corrected chi connectivity index (χ1v) is 11.2. The van der Waals surface area contributed by atoms with E-state index in [0.717, 1.165) is 43.9 Å². The van der Waals surface area contributed by atoms with Crippen LogP contribution >= 0.6 is 11.3 Å². The Bertz CT molecular complexity index is 812. The van der Waals surface area contributed by atoms with Gasteiger partial charge in [-0.05, 0) is 50.2 Å². The van der Waals surface area contributed by atoms with Crippen molar-refractivity contribution in [2.24, 2.45) is 0 Å². The number of hydrogen-bond acceptors (Lipinski definition) is 7. The lowest BCUT2D eigenvalue weighted by atomic mass is 9.99. The summed E-state index contributed by atoms with van der Waals surface area (Å²) in [7, 11) is 0. The zero-order valence-electron chi connectivity index (χ0n) is 16.2. The van der Waals surface area contributed by atoms with Crippen LogP contribution in [0.5, 0.6) is 0 Å². The number of nitrogens with zero attached hydrogens (tertiary/aromatic N) is 4. The van der Waals surface area contributed by atoms with Gasteiger partial charge in [0.05, 0.1) is 18.0 Å². The molecule has 1 N–H and O–H groups in total. The number of aromatic nitrogens is 2. The number of aryl methyl sites for hydroxylation is 2. The summed E-state index contributed by atoms with van der Waals surface area (Å²) in [6.07, 6.45) is 7.21. The highest BCUT2D eigenvalue weighted by molar-refractivity contribution is 7.15. The Hall–Kier alpha value is -1.77. The van der Waals surface area contributed by atoms with E-state index in [0.29, 0.717) is 30.9 Å². The molecule has 0 bridgehead atoms. The molecule has 1 amide bonds. The van der Waals surface area contributed by atoms with E-state index >= 15 is 0 Å². The highest BCUT2D eigenvalue weighted by Crippen LogP contribution is 2.35. The van der Waals surface area contributed by atoms with E-state index in [1.54, 1.807) is 0 Å². The predicted octanol–water partition coefficient (Wildman–Crippen LogP) is 2.07. The van der Waals surface area contributed by atoms with Gasteiger partial charge in [-0.1, -0.05) is 0 Å². The van der Waals surface area contributed by atoms with Crippen LogP contribution < -0.4 is 5.32 Å². The molecule has 1 saturated heterocycles. The molecular weight excluding hydrogens is 374 g/mol. The molecule has 0 radical (unpaired) electrons. The molecule has 3 heterocycles. The summed E-state index contributed by atoms with van der Waals surface area (Å²) < 4.78 is 5.96. The molecule has 5 rings (SSSR count). The molecule has 8 heteroatoms. The number of carbonyl (C=O) groups excluding carboxylic acids is 1. The van der Waals surface area contributed by atoms with Crippen molar-refractivity contribution < 1.29 is 9.21 Å². The Labute approximate surface area is 169 Å². The summed E-state index contributed by atoms with van der Waals surface area (Å²) in [4.78, 5) is 19.1. The highest BCUT2D eigenvalue weighted by Gasteiger charge is 2.26. The van der Waals surface area contributed by atoms with Crippen molar-refractivity contribution in [3.8, 4) is 10.8 Å². The second kappa shape index (κ2) is 7.93. The molecule has 2 aliphatic carbocycles. The second-order valence-corrected chi connectivity index (χ2v) is 9.30. The van der Waals surface area contributed by atoms with Crippen molar-refractivity contribution in [3.63, 3.8) is 0 Å². The van der Waals surface area contributed by atoms with E-state index in [-0.39, 0.29) is 5.91 Å². The molecule has 1 aliphatic heterocycles. The van der Waals surface area contributed by atoms with E-state index in [9.17, 15) is 4.79 Å². The van der Waals surface area contributed by atoms with Gasteiger partial charge in [0.1, 0.15) is 0 Å². The van der Waals surface area contributed by atoms with Gasteiger partial charge >= 0.3 is 0 Å². The molecule has 2 aromatic heterocycles. The molecule has 28 heavy (non-hydrogen) atoms. The standard InChI is InChI=1S/C20H27N5O2S/c26-18(21-15-5-6-15)12-24-7-9-25(10-8-24)13-19-22-23-20(27-19)17-11-14-3-1-2-4-16(14)28-17/h11,15H,1-10,12-13H2,(H,21,26). The Balaban J connectivity index is 1.12. The first kappa shape index (κ1) is 18.3. The van der Waals surface area contributed by atoms with Gasteiger partial charge in [0.25, 0.3) is 5.89 Å². The smallest absolute Gasteiger partial charge is 0.257 e. The topological polar surface area (TPSA) is 74.5 Å². The van der Waals surface area contributed by atoms with Gasteiger partial charge in [-0.2, -0.15) is 0 Å². The summed E-state index contributed by atoms with van der Waals surface area (Å²) in [6, 6.07) is 2.68. The molecule has 7 nitrogen and oxygen atoms in total. The van der Waals surface area contributed by atoms with E-state index < -0.39 is 0 Å². The maximum Gasteiger partial charge on any atom is 0.257 e. The summed E-state index contributed by atoms with van der Waals surface area (Å²) in [5.74, 6) is 1.50. The van der Waals surface area contributed by atoms with Gasteiger partial charge in [-0.15, -0.1) is 21.5 Å². The van der Waals surface area contributed by atoms with Crippen LogP contribution in [0.25, 0.3) is 10.8 Å². The number of carbonyl (C=O) groups is 1. The number of nitrogens with one attached hydrogen (secondary N) is 1. The summed E-state index contributed by atoms with van der Waals surface area (Å²) in [5, 5.41) is 11.6. The van der Waals surface area contributed by atoms with Gasteiger partial charge in [0, 0.05) is 37.1 Å². The van der Waals surface area contributed by atoms with Crippen LogP contribution in [0.1, 0.15) is 42.0 Å². The Kier molecular flexibility index (Phi) is 5.17. The Morgan fingerprint density at radius 2 is 1.93 bits per heavy atom. The lowest BCUT2D eigenvalue weighted by Gasteiger charge is -2.33. The molecule has 2 aromatic rings. The van der Waals surface area contributed by atoms with Crippen molar-refractivity contribution >= 4 is 17.2 Å². The van der Waals surface area contributed by atoms with Gasteiger partial charge < -0.3 is 9.73 Å². The third kappa shape index (κ3) is 4.29. The first-order valence-electron chi connectivity index (χ1n) is 10.4. The molecule has 0 spiro atoms. The summed E-state index contributed by atoms with van der Waals surface area (Å²) in [5.41, 5.74) is 1.47. The normalized spacial score (nSPS) is 20.9. The molecule has 150 valence electrons. The number of fused-ring (bicyclic) bond motifs is 1. The molecule has 3 aliphatic rings. The van der Waals surface area contributed by atoms with E-state index in [1.165, 1.54) is 36.1 Å². The van der Waals surface area contributed by atoms with E-state index in [2.05, 4.69) is 31.4 Å². The zero-order chi connectivity index (χ0) is 18.9. The number of hydrogen-bond donors (Lipinski definition) is 1. The van der Waals surface area contributed by atoms with E-state index in [1.807, 2.05) is 11.3 Å². The number of amides is 1. The van der Waals surface area contributed by atoms with Crippen LogP contribution in [0.2, 0.25) is 0 Å². The number of thiophene rings is 1. The quantitative estimate of drug-likeness (QED) is 0.799. The molecule has 0 atom stereocenters. The molecule has 1 saturated carbocycles. The highest BCUT2D eigenvalue weighted by atomic mass is 32.1. The van der Waals surface area contributed by atoms with Crippen LogP contribution in [-0.2, 0) is 24.2 Å². The van der Waals surface area contributed by atoms with Crippen LogP contribution in [0.3, 0.4) is 0 Å². The zero-order valence-corrected chi connectivity index (χ0v) is 17.0. The number of rotatable bonds is 6. The average molecular weight is 402 g/mol. The maximum atomic E-state index is 11.9. The average Bonchev–Trinajstić information content (AvgIpc) is 3.22. The van der Waals surface area contributed by atoms with Gasteiger partial charge in [0.2, 0.25) is 11.8 Å². The third-order valence-electron chi connectivity index (χ3n) is 5.81. The second-order valence-electron chi connectivity index (χ2n) is 8.16. The van der Waals surface area contributed by atoms with Crippen LogP contribution in [0.15, 0.2) is 10.5 Å². The third-order valence-corrected chi connectivity index (χ3v) is 7.03. The summed E-state index contributed by atoms with van der Waals surface area (Å²) >= 11 is 1.81. The predicted molar refractivity (Wildman–Crippen MR) is 107 cm³/mol. The van der Waals surface area contributed by atoms with Crippen LogP contribution in [-0.4, -0.2) is 64.7 Å². The molecule has 0 unspecified atom stereocenters. The van der Waals surface area contributed by atoms with Crippen LogP contribution in [0.4, 0.5) is 0 Å². The lowest BCUT2D eigenvalue weighted by molar-refractivity contribution is -0.122. The van der Waals surface area contributed by atoms with E-state index in [4.69, 9.17) is 4.42 Å². The van der Waals surface area contributed by atoms with Crippen molar-refractivity contribution in [2.75, 3.05) is 32.7 Å². The van der Waals surface area contributed by atoms with Crippen molar-refractivity contribution in [1.29, 1.82) is 0 Å². The minimum atomic E-state index is 0.163. The SMILES string of the molecule is O=C(CN1CCN(Cc2nnc(-c3cc4c(s3)CCCC4)o2)CC1)NC1CC1.